The van der Waals surface area contributed by atoms with Gasteiger partial charge in [0.15, 0.2) is 0 Å². The van der Waals surface area contributed by atoms with Crippen LogP contribution in [0.2, 0.25) is 10.3 Å². The third-order valence-corrected chi connectivity index (χ3v) is 2.67. The predicted molar refractivity (Wildman–Crippen MR) is 77.0 cm³/mol. The maximum atomic E-state index is 12.0. The van der Waals surface area contributed by atoms with Gasteiger partial charge in [0, 0.05) is 0 Å². The number of pyridine rings is 1. The van der Waals surface area contributed by atoms with E-state index < -0.39 is 23.5 Å². The fraction of sp³-hybridized carbons (Fsp3) is 0.462. The van der Waals surface area contributed by atoms with Gasteiger partial charge in [-0.3, -0.25) is 4.79 Å². The largest absolute Gasteiger partial charge is 0.458 e. The fourth-order valence-electron chi connectivity index (χ4n) is 1.30. The molecule has 20 heavy (non-hydrogen) atoms. The topological polar surface area (TPSA) is 68.3 Å². The van der Waals surface area contributed by atoms with Crippen LogP contribution in [-0.4, -0.2) is 28.5 Å². The summed E-state index contributed by atoms with van der Waals surface area (Å²) >= 11 is 11.5. The van der Waals surface area contributed by atoms with Crippen molar-refractivity contribution < 1.29 is 14.3 Å². The number of rotatable bonds is 3. The standard InChI is InChI=1S/C13H16Cl2N2O3/c1-7(12(19)20-13(2,3)4)16-11(18)8-5-6-9(14)17-10(8)15/h5-7H,1-4H3,(H,16,18)/t7-/m0/s1. The van der Waals surface area contributed by atoms with E-state index in [1.165, 1.54) is 19.1 Å². The average molecular weight is 319 g/mol. The Bertz CT molecular complexity index is 527. The normalized spacial score (nSPS) is 12.7. The van der Waals surface area contributed by atoms with E-state index >= 15 is 0 Å². The molecule has 0 aliphatic carbocycles. The Morgan fingerprint density at radius 1 is 1.30 bits per heavy atom. The Kier molecular flexibility index (Phi) is 5.36. The van der Waals surface area contributed by atoms with Crippen molar-refractivity contribution in [2.24, 2.45) is 0 Å². The summed E-state index contributed by atoms with van der Waals surface area (Å²) in [6.07, 6.45) is 0. The molecule has 0 radical (unpaired) electrons. The van der Waals surface area contributed by atoms with Crippen molar-refractivity contribution in [3.8, 4) is 0 Å². The van der Waals surface area contributed by atoms with E-state index in [2.05, 4.69) is 10.3 Å². The molecule has 0 saturated heterocycles. The first-order chi connectivity index (χ1) is 9.10. The van der Waals surface area contributed by atoms with E-state index in [1.54, 1.807) is 20.8 Å². The quantitative estimate of drug-likeness (QED) is 0.687. The van der Waals surface area contributed by atoms with Crippen molar-refractivity contribution in [3.63, 3.8) is 0 Å². The molecule has 1 N–H and O–H groups in total. The Hall–Kier alpha value is -1.33. The number of ether oxygens (including phenoxy) is 1. The molecule has 1 amide bonds. The van der Waals surface area contributed by atoms with Crippen molar-refractivity contribution >= 4 is 35.1 Å². The second kappa shape index (κ2) is 6.41. The van der Waals surface area contributed by atoms with E-state index in [0.29, 0.717) is 0 Å². The van der Waals surface area contributed by atoms with Crippen LogP contribution >= 0.6 is 23.2 Å². The minimum absolute atomic E-state index is 0.0219. The lowest BCUT2D eigenvalue weighted by atomic mass is 10.2. The van der Waals surface area contributed by atoms with Gasteiger partial charge in [0.1, 0.15) is 21.9 Å². The van der Waals surface area contributed by atoms with Crippen molar-refractivity contribution in [1.29, 1.82) is 0 Å². The third-order valence-electron chi connectivity index (χ3n) is 2.17. The van der Waals surface area contributed by atoms with E-state index in [1.807, 2.05) is 0 Å². The van der Waals surface area contributed by atoms with Gasteiger partial charge >= 0.3 is 5.97 Å². The zero-order valence-corrected chi connectivity index (χ0v) is 13.2. The fourth-order valence-corrected chi connectivity index (χ4v) is 1.74. The maximum absolute atomic E-state index is 12.0. The molecule has 1 heterocycles. The van der Waals surface area contributed by atoms with E-state index in [9.17, 15) is 9.59 Å². The van der Waals surface area contributed by atoms with Crippen LogP contribution in [0.4, 0.5) is 0 Å². The summed E-state index contributed by atoms with van der Waals surface area (Å²) < 4.78 is 5.16. The van der Waals surface area contributed by atoms with Crippen molar-refractivity contribution in [3.05, 3.63) is 28.0 Å². The molecule has 5 nitrogen and oxygen atoms in total. The van der Waals surface area contributed by atoms with Crippen LogP contribution in [0.5, 0.6) is 0 Å². The van der Waals surface area contributed by atoms with Gasteiger partial charge in [-0.1, -0.05) is 23.2 Å². The van der Waals surface area contributed by atoms with Gasteiger partial charge in [-0.15, -0.1) is 0 Å². The molecule has 0 saturated carbocycles. The predicted octanol–water partition coefficient (Wildman–Crippen LogP) is 2.85. The van der Waals surface area contributed by atoms with Gasteiger partial charge in [0.25, 0.3) is 5.91 Å². The SMILES string of the molecule is C[C@H](NC(=O)c1ccc(Cl)nc1Cl)C(=O)OC(C)(C)C. The summed E-state index contributed by atoms with van der Waals surface area (Å²) in [5.74, 6) is -1.04. The molecular weight excluding hydrogens is 303 g/mol. The number of nitrogens with zero attached hydrogens (tertiary/aromatic N) is 1. The lowest BCUT2D eigenvalue weighted by Gasteiger charge is -2.22. The third kappa shape index (κ3) is 4.98. The molecule has 1 rings (SSSR count). The van der Waals surface area contributed by atoms with Gasteiger partial charge in [0.05, 0.1) is 5.56 Å². The molecule has 7 heteroatoms. The second-order valence-corrected chi connectivity index (χ2v) is 5.95. The molecule has 0 bridgehead atoms. The number of hydrogen-bond acceptors (Lipinski definition) is 4. The van der Waals surface area contributed by atoms with Crippen LogP contribution in [0.25, 0.3) is 0 Å². The van der Waals surface area contributed by atoms with Crippen molar-refractivity contribution in [2.75, 3.05) is 0 Å². The number of esters is 1. The first-order valence-corrected chi connectivity index (χ1v) is 6.71. The highest BCUT2D eigenvalue weighted by Crippen LogP contribution is 2.16. The number of hydrogen-bond donors (Lipinski definition) is 1. The summed E-state index contributed by atoms with van der Waals surface area (Å²) in [7, 11) is 0. The molecular formula is C13H16Cl2N2O3. The number of aromatic nitrogens is 1. The number of carbonyl (C=O) groups is 2. The molecule has 0 aliphatic rings. The molecule has 1 aromatic heterocycles. The van der Waals surface area contributed by atoms with Crippen LogP contribution in [-0.2, 0) is 9.53 Å². The summed E-state index contributed by atoms with van der Waals surface area (Å²) in [5.41, 5.74) is -0.471. The van der Waals surface area contributed by atoms with Crippen LogP contribution < -0.4 is 5.32 Å². The smallest absolute Gasteiger partial charge is 0.328 e. The Balaban J connectivity index is 2.73. The Morgan fingerprint density at radius 2 is 1.90 bits per heavy atom. The van der Waals surface area contributed by atoms with Gasteiger partial charge in [0.2, 0.25) is 0 Å². The lowest BCUT2D eigenvalue weighted by Crippen LogP contribution is -2.42. The van der Waals surface area contributed by atoms with E-state index in [0.717, 1.165) is 0 Å². The Morgan fingerprint density at radius 3 is 2.40 bits per heavy atom. The minimum Gasteiger partial charge on any atom is -0.458 e. The number of halogens is 2. The van der Waals surface area contributed by atoms with Gasteiger partial charge in [-0.25, -0.2) is 9.78 Å². The minimum atomic E-state index is -0.798. The molecule has 110 valence electrons. The number of carbonyl (C=O) groups excluding carboxylic acids is 2. The number of amides is 1. The summed E-state index contributed by atoms with van der Waals surface area (Å²) in [6.45, 7) is 6.78. The molecule has 0 spiro atoms. The Labute approximate surface area is 127 Å². The molecule has 1 aromatic rings. The monoisotopic (exact) mass is 318 g/mol. The zero-order chi connectivity index (χ0) is 15.5. The van der Waals surface area contributed by atoms with E-state index in [-0.39, 0.29) is 15.9 Å². The van der Waals surface area contributed by atoms with E-state index in [4.69, 9.17) is 27.9 Å². The highest BCUT2D eigenvalue weighted by atomic mass is 35.5. The van der Waals surface area contributed by atoms with Gasteiger partial charge in [-0.2, -0.15) is 0 Å². The van der Waals surface area contributed by atoms with Crippen LogP contribution in [0.1, 0.15) is 38.1 Å². The first-order valence-electron chi connectivity index (χ1n) is 5.96. The maximum Gasteiger partial charge on any atom is 0.328 e. The van der Waals surface area contributed by atoms with Crippen molar-refractivity contribution in [1.82, 2.24) is 10.3 Å². The lowest BCUT2D eigenvalue weighted by molar-refractivity contribution is -0.156. The first kappa shape index (κ1) is 16.7. The van der Waals surface area contributed by atoms with Crippen molar-refractivity contribution in [2.45, 2.75) is 39.3 Å². The van der Waals surface area contributed by atoms with Gasteiger partial charge in [-0.05, 0) is 39.8 Å². The number of nitrogens with one attached hydrogen (secondary N) is 1. The zero-order valence-electron chi connectivity index (χ0n) is 11.7. The highest BCUT2D eigenvalue weighted by Gasteiger charge is 2.24. The van der Waals surface area contributed by atoms with Crippen LogP contribution in [0, 0.1) is 0 Å². The molecule has 1 atom stereocenters. The summed E-state index contributed by atoms with van der Waals surface area (Å²) in [4.78, 5) is 27.5. The summed E-state index contributed by atoms with van der Waals surface area (Å²) in [5, 5.41) is 2.66. The highest BCUT2D eigenvalue weighted by molar-refractivity contribution is 6.34. The molecule has 0 fully saturated rings. The molecule has 0 unspecified atom stereocenters. The van der Waals surface area contributed by atoms with Crippen LogP contribution in [0.15, 0.2) is 12.1 Å². The van der Waals surface area contributed by atoms with Crippen LogP contribution in [0.3, 0.4) is 0 Å². The second-order valence-electron chi connectivity index (χ2n) is 5.20. The summed E-state index contributed by atoms with van der Waals surface area (Å²) in [6, 6.07) is 2.09. The average Bonchev–Trinajstić information content (AvgIpc) is 2.26. The molecule has 0 aliphatic heterocycles. The molecule has 0 aromatic carbocycles. The van der Waals surface area contributed by atoms with Gasteiger partial charge < -0.3 is 10.1 Å².